The SMILES string of the molecule is Cn1nnc(-c2ccc(O)cc2)c1CCCc1ccccc1. The van der Waals surface area contributed by atoms with Gasteiger partial charge in [-0.3, -0.25) is 4.68 Å². The third-order valence-electron chi connectivity index (χ3n) is 3.81. The van der Waals surface area contributed by atoms with Gasteiger partial charge in [0, 0.05) is 12.6 Å². The molecule has 0 atom stereocenters. The second kappa shape index (κ2) is 6.43. The molecule has 0 bridgehead atoms. The van der Waals surface area contributed by atoms with E-state index in [0.717, 1.165) is 36.2 Å². The number of nitrogens with zero attached hydrogens (tertiary/aromatic N) is 3. The summed E-state index contributed by atoms with van der Waals surface area (Å²) in [6, 6.07) is 17.6. The minimum Gasteiger partial charge on any atom is -0.508 e. The Bertz CT molecular complexity index is 733. The van der Waals surface area contributed by atoms with Crippen molar-refractivity contribution in [3.05, 3.63) is 65.9 Å². The van der Waals surface area contributed by atoms with Crippen molar-refractivity contribution in [2.75, 3.05) is 0 Å². The lowest BCUT2D eigenvalue weighted by Crippen LogP contribution is -2.00. The first-order chi connectivity index (χ1) is 10.7. The van der Waals surface area contributed by atoms with Crippen LogP contribution in [0.4, 0.5) is 0 Å². The van der Waals surface area contributed by atoms with E-state index >= 15 is 0 Å². The number of benzene rings is 2. The molecule has 3 rings (SSSR count). The van der Waals surface area contributed by atoms with Crippen LogP contribution in [0.25, 0.3) is 11.3 Å². The van der Waals surface area contributed by atoms with Crippen LogP contribution in [0.1, 0.15) is 17.7 Å². The van der Waals surface area contributed by atoms with Crippen molar-refractivity contribution in [3.63, 3.8) is 0 Å². The lowest BCUT2D eigenvalue weighted by Gasteiger charge is -2.05. The molecule has 0 amide bonds. The van der Waals surface area contributed by atoms with Gasteiger partial charge < -0.3 is 5.11 Å². The van der Waals surface area contributed by atoms with Gasteiger partial charge in [0.25, 0.3) is 0 Å². The van der Waals surface area contributed by atoms with Gasteiger partial charge in [0.15, 0.2) is 0 Å². The molecule has 1 N–H and O–H groups in total. The first kappa shape index (κ1) is 14.3. The summed E-state index contributed by atoms with van der Waals surface area (Å²) in [5, 5.41) is 17.8. The fourth-order valence-electron chi connectivity index (χ4n) is 2.61. The van der Waals surface area contributed by atoms with Crippen LogP contribution in [-0.4, -0.2) is 20.1 Å². The molecule has 112 valence electrons. The summed E-state index contributed by atoms with van der Waals surface area (Å²) in [7, 11) is 1.93. The van der Waals surface area contributed by atoms with Crippen molar-refractivity contribution in [2.24, 2.45) is 7.05 Å². The zero-order chi connectivity index (χ0) is 15.4. The van der Waals surface area contributed by atoms with Gasteiger partial charge in [0.1, 0.15) is 11.4 Å². The van der Waals surface area contributed by atoms with Gasteiger partial charge in [-0.25, -0.2) is 0 Å². The van der Waals surface area contributed by atoms with Gasteiger partial charge in [0.2, 0.25) is 0 Å². The topological polar surface area (TPSA) is 50.9 Å². The third-order valence-corrected chi connectivity index (χ3v) is 3.81. The van der Waals surface area contributed by atoms with E-state index in [1.807, 2.05) is 29.9 Å². The smallest absolute Gasteiger partial charge is 0.116 e. The maximum atomic E-state index is 9.40. The highest BCUT2D eigenvalue weighted by atomic mass is 16.3. The molecule has 0 spiro atoms. The third kappa shape index (κ3) is 3.17. The molecule has 0 unspecified atom stereocenters. The summed E-state index contributed by atoms with van der Waals surface area (Å²) < 4.78 is 1.84. The lowest BCUT2D eigenvalue weighted by molar-refractivity contribution is 0.475. The molecule has 2 aromatic carbocycles. The Morgan fingerprint density at radius 1 is 0.955 bits per heavy atom. The largest absolute Gasteiger partial charge is 0.508 e. The van der Waals surface area contributed by atoms with Gasteiger partial charge >= 0.3 is 0 Å². The van der Waals surface area contributed by atoms with Crippen molar-refractivity contribution in [3.8, 4) is 17.0 Å². The summed E-state index contributed by atoms with van der Waals surface area (Å²) in [4.78, 5) is 0. The minimum atomic E-state index is 0.262. The van der Waals surface area contributed by atoms with E-state index in [1.54, 1.807) is 12.1 Å². The highest BCUT2D eigenvalue weighted by Gasteiger charge is 2.12. The number of phenolic OH excluding ortho intramolecular Hbond substituents is 1. The molecule has 3 aromatic rings. The number of aryl methyl sites for hydroxylation is 2. The molecular weight excluding hydrogens is 274 g/mol. The number of rotatable bonds is 5. The maximum absolute atomic E-state index is 9.40. The molecule has 0 aliphatic heterocycles. The van der Waals surface area contributed by atoms with Crippen LogP contribution in [0, 0.1) is 0 Å². The van der Waals surface area contributed by atoms with Crippen molar-refractivity contribution < 1.29 is 5.11 Å². The van der Waals surface area contributed by atoms with Gasteiger partial charge in [0.05, 0.1) is 5.69 Å². The molecular formula is C18H19N3O. The molecule has 1 heterocycles. The van der Waals surface area contributed by atoms with Crippen LogP contribution in [0.2, 0.25) is 0 Å². The van der Waals surface area contributed by atoms with Crippen molar-refractivity contribution in [1.29, 1.82) is 0 Å². The molecule has 0 aliphatic rings. The van der Waals surface area contributed by atoms with E-state index in [2.05, 4.69) is 34.6 Å². The monoisotopic (exact) mass is 293 g/mol. The van der Waals surface area contributed by atoms with E-state index in [4.69, 9.17) is 0 Å². The Morgan fingerprint density at radius 2 is 1.68 bits per heavy atom. The molecule has 0 fully saturated rings. The molecule has 0 saturated carbocycles. The van der Waals surface area contributed by atoms with E-state index < -0.39 is 0 Å². The van der Waals surface area contributed by atoms with Crippen LogP contribution < -0.4 is 0 Å². The highest BCUT2D eigenvalue weighted by molar-refractivity contribution is 5.62. The molecule has 1 aromatic heterocycles. The maximum Gasteiger partial charge on any atom is 0.116 e. The summed E-state index contributed by atoms with van der Waals surface area (Å²) >= 11 is 0. The van der Waals surface area contributed by atoms with Gasteiger partial charge in [-0.05, 0) is 49.1 Å². The Labute approximate surface area is 130 Å². The fraction of sp³-hybridized carbons (Fsp3) is 0.222. The Kier molecular flexibility index (Phi) is 4.19. The predicted molar refractivity (Wildman–Crippen MR) is 86.6 cm³/mol. The van der Waals surface area contributed by atoms with Gasteiger partial charge in [-0.15, -0.1) is 5.10 Å². The molecule has 22 heavy (non-hydrogen) atoms. The fourth-order valence-corrected chi connectivity index (χ4v) is 2.61. The summed E-state index contributed by atoms with van der Waals surface area (Å²) in [5.74, 6) is 0.262. The Morgan fingerprint density at radius 3 is 2.41 bits per heavy atom. The van der Waals surface area contributed by atoms with Crippen LogP contribution in [-0.2, 0) is 19.9 Å². The van der Waals surface area contributed by atoms with Gasteiger partial charge in [-0.2, -0.15) is 0 Å². The summed E-state index contributed by atoms with van der Waals surface area (Å²) in [6.07, 6.45) is 3.02. The standard InChI is InChI=1S/C18H19N3O/c1-21-17(9-5-8-14-6-3-2-4-7-14)18(19-20-21)15-10-12-16(22)13-11-15/h2-4,6-7,10-13,22H,5,8-9H2,1H3. The van der Waals surface area contributed by atoms with E-state index in [9.17, 15) is 5.11 Å². The average molecular weight is 293 g/mol. The lowest BCUT2D eigenvalue weighted by atomic mass is 10.0. The zero-order valence-electron chi connectivity index (χ0n) is 12.6. The quantitative estimate of drug-likeness (QED) is 0.784. The van der Waals surface area contributed by atoms with E-state index in [1.165, 1.54) is 5.56 Å². The first-order valence-corrected chi connectivity index (χ1v) is 7.46. The number of aromatic nitrogens is 3. The zero-order valence-corrected chi connectivity index (χ0v) is 12.6. The van der Waals surface area contributed by atoms with Gasteiger partial charge in [-0.1, -0.05) is 35.5 Å². The molecule has 0 aliphatic carbocycles. The van der Waals surface area contributed by atoms with E-state index in [0.29, 0.717) is 0 Å². The summed E-state index contributed by atoms with van der Waals surface area (Å²) in [5.41, 5.74) is 4.36. The van der Waals surface area contributed by atoms with Crippen LogP contribution in [0.15, 0.2) is 54.6 Å². The average Bonchev–Trinajstić information content (AvgIpc) is 2.90. The predicted octanol–water partition coefficient (Wildman–Crippen LogP) is 3.36. The molecule has 0 saturated heterocycles. The Hall–Kier alpha value is -2.62. The molecule has 4 nitrogen and oxygen atoms in total. The van der Waals surface area contributed by atoms with Crippen LogP contribution >= 0.6 is 0 Å². The number of aromatic hydroxyl groups is 1. The number of hydrogen-bond acceptors (Lipinski definition) is 3. The van der Waals surface area contributed by atoms with Crippen LogP contribution in [0.5, 0.6) is 5.75 Å². The van der Waals surface area contributed by atoms with Crippen molar-refractivity contribution >= 4 is 0 Å². The first-order valence-electron chi connectivity index (χ1n) is 7.46. The minimum absolute atomic E-state index is 0.262. The molecule has 0 radical (unpaired) electrons. The second-order valence-electron chi connectivity index (χ2n) is 5.39. The highest BCUT2D eigenvalue weighted by Crippen LogP contribution is 2.24. The number of phenols is 1. The number of hydrogen-bond donors (Lipinski definition) is 1. The normalized spacial score (nSPS) is 10.8. The van der Waals surface area contributed by atoms with Crippen LogP contribution in [0.3, 0.4) is 0 Å². The van der Waals surface area contributed by atoms with Crippen molar-refractivity contribution in [2.45, 2.75) is 19.3 Å². The summed E-state index contributed by atoms with van der Waals surface area (Å²) in [6.45, 7) is 0. The van der Waals surface area contributed by atoms with Crippen molar-refractivity contribution in [1.82, 2.24) is 15.0 Å². The second-order valence-corrected chi connectivity index (χ2v) is 5.39. The van der Waals surface area contributed by atoms with E-state index in [-0.39, 0.29) is 5.75 Å². The molecule has 4 heteroatoms. The Balaban J connectivity index is 1.74.